The average Bonchev–Trinajstić information content (AvgIpc) is 3.38. The molecule has 2 aromatic heterocycles. The third kappa shape index (κ3) is 5.28. The number of carbonyl (C=O) groups is 1. The van der Waals surface area contributed by atoms with Gasteiger partial charge in [-0.2, -0.15) is 0 Å². The van der Waals surface area contributed by atoms with E-state index in [0.717, 1.165) is 29.1 Å². The molecule has 2 aromatic carbocycles. The average molecular weight is 415 g/mol. The third-order valence-electron chi connectivity index (χ3n) is 5.12. The minimum Gasteiger partial charge on any atom is -0.466 e. The first-order valence-corrected chi connectivity index (χ1v) is 10.4. The highest BCUT2D eigenvalue weighted by molar-refractivity contribution is 5.76. The van der Waals surface area contributed by atoms with E-state index >= 15 is 0 Å². The van der Waals surface area contributed by atoms with Gasteiger partial charge in [0, 0.05) is 12.8 Å². The second-order valence-electron chi connectivity index (χ2n) is 7.55. The molecule has 6 heteroatoms. The first-order chi connectivity index (χ1) is 15.1. The van der Waals surface area contributed by atoms with Crippen LogP contribution < -0.4 is 5.32 Å². The number of amides is 1. The lowest BCUT2D eigenvalue weighted by Crippen LogP contribution is -2.30. The molecule has 0 spiro atoms. The number of rotatable bonds is 8. The van der Waals surface area contributed by atoms with Crippen LogP contribution in [0.5, 0.6) is 0 Å². The highest BCUT2D eigenvalue weighted by atomic mass is 16.4. The van der Waals surface area contributed by atoms with Crippen molar-refractivity contribution in [2.75, 3.05) is 0 Å². The van der Waals surface area contributed by atoms with Gasteiger partial charge in [0.05, 0.1) is 11.6 Å². The van der Waals surface area contributed by atoms with Crippen molar-refractivity contribution in [1.29, 1.82) is 0 Å². The number of aromatic nitrogens is 2. The molecule has 6 nitrogen and oxygen atoms in total. The summed E-state index contributed by atoms with van der Waals surface area (Å²) >= 11 is 0. The lowest BCUT2D eigenvalue weighted by molar-refractivity contribution is -0.121. The molecular formula is C25H25N3O3. The van der Waals surface area contributed by atoms with Crippen LogP contribution >= 0.6 is 0 Å². The van der Waals surface area contributed by atoms with Crippen LogP contribution in [0.3, 0.4) is 0 Å². The van der Waals surface area contributed by atoms with E-state index in [2.05, 4.69) is 27.6 Å². The molecule has 4 rings (SSSR count). The molecule has 1 amide bonds. The van der Waals surface area contributed by atoms with E-state index in [1.807, 2.05) is 68.4 Å². The van der Waals surface area contributed by atoms with Gasteiger partial charge in [0.2, 0.25) is 11.8 Å². The molecule has 0 saturated carbocycles. The van der Waals surface area contributed by atoms with E-state index in [1.165, 1.54) is 5.56 Å². The van der Waals surface area contributed by atoms with Gasteiger partial charge in [-0.25, -0.2) is 0 Å². The number of hydrogen-bond acceptors (Lipinski definition) is 5. The topological polar surface area (TPSA) is 81.2 Å². The highest BCUT2D eigenvalue weighted by Gasteiger charge is 2.18. The standard InChI is InChI=1S/C25H25N3O3/c1-17-15-21(18(2)30-17)25-28-27-24(31-25)14-13-23(29)26-22(20-11-7-4-8-12-20)16-19-9-5-3-6-10-19/h3-12,15,22H,13-14,16H2,1-2H3,(H,26,29). The molecule has 31 heavy (non-hydrogen) atoms. The SMILES string of the molecule is Cc1cc(-c2nnc(CCC(=O)NC(Cc3ccccc3)c3ccccc3)o2)c(C)o1. The quantitative estimate of drug-likeness (QED) is 0.439. The maximum atomic E-state index is 12.7. The second kappa shape index (κ2) is 9.43. The zero-order valence-electron chi connectivity index (χ0n) is 17.7. The van der Waals surface area contributed by atoms with Crippen molar-refractivity contribution in [3.8, 4) is 11.5 Å². The van der Waals surface area contributed by atoms with Crippen molar-refractivity contribution in [1.82, 2.24) is 15.5 Å². The molecule has 158 valence electrons. The second-order valence-corrected chi connectivity index (χ2v) is 7.55. The van der Waals surface area contributed by atoms with Crippen molar-refractivity contribution < 1.29 is 13.6 Å². The van der Waals surface area contributed by atoms with Crippen LogP contribution in [0.4, 0.5) is 0 Å². The maximum Gasteiger partial charge on any atom is 0.251 e. The number of furan rings is 1. The van der Waals surface area contributed by atoms with Gasteiger partial charge in [0.15, 0.2) is 0 Å². The Labute approximate surface area is 181 Å². The van der Waals surface area contributed by atoms with E-state index in [9.17, 15) is 4.79 Å². The summed E-state index contributed by atoms with van der Waals surface area (Å²) in [5.41, 5.74) is 3.03. The molecule has 0 aliphatic rings. The van der Waals surface area contributed by atoms with Crippen LogP contribution in [0.25, 0.3) is 11.5 Å². The Kier molecular flexibility index (Phi) is 6.26. The fourth-order valence-corrected chi connectivity index (χ4v) is 3.58. The summed E-state index contributed by atoms with van der Waals surface area (Å²) in [5.74, 6) is 2.31. The molecule has 0 aliphatic carbocycles. The number of aryl methyl sites for hydroxylation is 3. The van der Waals surface area contributed by atoms with Crippen molar-refractivity contribution in [2.45, 2.75) is 39.2 Å². The molecule has 0 bridgehead atoms. The van der Waals surface area contributed by atoms with E-state index in [-0.39, 0.29) is 18.4 Å². The number of nitrogens with zero attached hydrogens (tertiary/aromatic N) is 2. The van der Waals surface area contributed by atoms with Gasteiger partial charge in [0.25, 0.3) is 5.89 Å². The summed E-state index contributed by atoms with van der Waals surface area (Å²) in [6.45, 7) is 3.73. The molecule has 2 heterocycles. The summed E-state index contributed by atoms with van der Waals surface area (Å²) in [6, 6.07) is 21.9. The van der Waals surface area contributed by atoms with Crippen LogP contribution in [-0.2, 0) is 17.6 Å². The van der Waals surface area contributed by atoms with E-state index in [4.69, 9.17) is 8.83 Å². The normalized spacial score (nSPS) is 11.9. The summed E-state index contributed by atoms with van der Waals surface area (Å²) in [6.07, 6.45) is 1.37. The monoisotopic (exact) mass is 415 g/mol. The Bertz CT molecular complexity index is 1130. The Hall–Kier alpha value is -3.67. The molecule has 0 fully saturated rings. The first-order valence-electron chi connectivity index (χ1n) is 10.4. The van der Waals surface area contributed by atoms with Gasteiger partial charge in [-0.3, -0.25) is 4.79 Å². The fraction of sp³-hybridized carbons (Fsp3) is 0.240. The van der Waals surface area contributed by atoms with Crippen molar-refractivity contribution >= 4 is 5.91 Å². The Morgan fingerprint density at radius 3 is 2.35 bits per heavy atom. The molecule has 1 atom stereocenters. The van der Waals surface area contributed by atoms with E-state index in [0.29, 0.717) is 18.2 Å². The number of nitrogens with one attached hydrogen (secondary N) is 1. The van der Waals surface area contributed by atoms with E-state index in [1.54, 1.807) is 0 Å². The van der Waals surface area contributed by atoms with Crippen molar-refractivity contribution in [2.24, 2.45) is 0 Å². The predicted octanol–water partition coefficient (Wildman–Crippen LogP) is 4.98. The van der Waals surface area contributed by atoms with Crippen molar-refractivity contribution in [3.05, 3.63) is 95.3 Å². The number of hydrogen-bond donors (Lipinski definition) is 1. The molecule has 4 aromatic rings. The van der Waals surface area contributed by atoms with Crippen LogP contribution in [0.1, 0.15) is 41.0 Å². The smallest absolute Gasteiger partial charge is 0.251 e. The van der Waals surface area contributed by atoms with Gasteiger partial charge in [-0.15, -0.1) is 10.2 Å². The van der Waals surface area contributed by atoms with Gasteiger partial charge < -0.3 is 14.2 Å². The Balaban J connectivity index is 1.39. The predicted molar refractivity (Wildman–Crippen MR) is 117 cm³/mol. The van der Waals surface area contributed by atoms with Crippen LogP contribution in [-0.4, -0.2) is 16.1 Å². The fourth-order valence-electron chi connectivity index (χ4n) is 3.58. The first kappa shape index (κ1) is 20.6. The third-order valence-corrected chi connectivity index (χ3v) is 5.12. The van der Waals surface area contributed by atoms with Crippen LogP contribution in [0.15, 0.2) is 75.6 Å². The lowest BCUT2D eigenvalue weighted by atomic mass is 9.98. The molecule has 1 N–H and O–H groups in total. The molecule has 0 aliphatic heterocycles. The summed E-state index contributed by atoms with van der Waals surface area (Å²) < 4.78 is 11.3. The molecule has 0 radical (unpaired) electrons. The minimum atomic E-state index is -0.106. The summed E-state index contributed by atoms with van der Waals surface area (Å²) in [5, 5.41) is 11.3. The van der Waals surface area contributed by atoms with E-state index < -0.39 is 0 Å². The lowest BCUT2D eigenvalue weighted by Gasteiger charge is -2.19. The molecule has 0 saturated heterocycles. The number of benzene rings is 2. The van der Waals surface area contributed by atoms with Gasteiger partial charge in [0.1, 0.15) is 11.5 Å². The van der Waals surface area contributed by atoms with Crippen molar-refractivity contribution in [3.63, 3.8) is 0 Å². The van der Waals surface area contributed by atoms with Crippen LogP contribution in [0, 0.1) is 13.8 Å². The summed E-state index contributed by atoms with van der Waals surface area (Å²) in [4.78, 5) is 12.7. The van der Waals surface area contributed by atoms with Crippen LogP contribution in [0.2, 0.25) is 0 Å². The zero-order chi connectivity index (χ0) is 21.6. The summed E-state index contributed by atoms with van der Waals surface area (Å²) in [7, 11) is 0. The number of carbonyl (C=O) groups excluding carboxylic acids is 1. The van der Waals surface area contributed by atoms with Gasteiger partial charge >= 0.3 is 0 Å². The molecular weight excluding hydrogens is 390 g/mol. The maximum absolute atomic E-state index is 12.7. The molecule has 1 unspecified atom stereocenters. The van der Waals surface area contributed by atoms with Gasteiger partial charge in [-0.1, -0.05) is 60.7 Å². The largest absolute Gasteiger partial charge is 0.466 e. The Morgan fingerprint density at radius 2 is 1.68 bits per heavy atom. The van der Waals surface area contributed by atoms with Gasteiger partial charge in [-0.05, 0) is 37.5 Å². The Morgan fingerprint density at radius 1 is 0.968 bits per heavy atom. The highest BCUT2D eigenvalue weighted by Crippen LogP contribution is 2.25. The zero-order valence-corrected chi connectivity index (χ0v) is 17.7. The minimum absolute atomic E-state index is 0.0557.